The van der Waals surface area contributed by atoms with Gasteiger partial charge in [0.15, 0.2) is 0 Å². The second kappa shape index (κ2) is 9.66. The van der Waals surface area contributed by atoms with Gasteiger partial charge in [-0.05, 0) is 50.5 Å². The van der Waals surface area contributed by atoms with Crippen molar-refractivity contribution in [1.29, 1.82) is 0 Å². The zero-order valence-corrected chi connectivity index (χ0v) is 14.6. The van der Waals surface area contributed by atoms with Crippen molar-refractivity contribution in [3.05, 3.63) is 11.1 Å². The van der Waals surface area contributed by atoms with Gasteiger partial charge in [-0.15, -0.1) is 0 Å². The molecule has 0 saturated heterocycles. The number of hydrogen-bond donors (Lipinski definition) is 1. The van der Waals surface area contributed by atoms with Gasteiger partial charge in [0.2, 0.25) is 0 Å². The van der Waals surface area contributed by atoms with E-state index in [1.54, 1.807) is 0 Å². The van der Waals surface area contributed by atoms with E-state index in [0.29, 0.717) is 0 Å². The van der Waals surface area contributed by atoms with E-state index in [4.69, 9.17) is 0 Å². The van der Waals surface area contributed by atoms with E-state index >= 15 is 0 Å². The van der Waals surface area contributed by atoms with Gasteiger partial charge in [-0.25, -0.2) is 0 Å². The highest BCUT2D eigenvalue weighted by molar-refractivity contribution is 5.24. The van der Waals surface area contributed by atoms with Gasteiger partial charge in [0.1, 0.15) is 0 Å². The van der Waals surface area contributed by atoms with Crippen molar-refractivity contribution in [2.75, 3.05) is 13.1 Å². The minimum atomic E-state index is 0.884. The van der Waals surface area contributed by atoms with E-state index < -0.39 is 0 Å². The Morgan fingerprint density at radius 2 is 1.38 bits per heavy atom. The first-order valence-corrected chi connectivity index (χ1v) is 9.79. The van der Waals surface area contributed by atoms with Crippen molar-refractivity contribution in [3.63, 3.8) is 0 Å². The van der Waals surface area contributed by atoms with E-state index in [2.05, 4.69) is 19.2 Å². The molecular formula is C20H37N. The molecule has 0 amide bonds. The summed E-state index contributed by atoms with van der Waals surface area (Å²) >= 11 is 0. The molecule has 2 atom stereocenters. The molecule has 21 heavy (non-hydrogen) atoms. The molecule has 1 heteroatoms. The van der Waals surface area contributed by atoms with Gasteiger partial charge in [-0.2, -0.15) is 0 Å². The Hall–Kier alpha value is -0.300. The maximum absolute atomic E-state index is 3.68. The lowest BCUT2D eigenvalue weighted by atomic mass is 9.77. The molecular weight excluding hydrogens is 254 g/mol. The molecule has 1 heterocycles. The molecule has 0 radical (unpaired) electrons. The Morgan fingerprint density at radius 1 is 0.810 bits per heavy atom. The van der Waals surface area contributed by atoms with Crippen LogP contribution in [-0.4, -0.2) is 13.1 Å². The minimum Gasteiger partial charge on any atom is -0.313 e. The van der Waals surface area contributed by atoms with Crippen LogP contribution >= 0.6 is 0 Å². The molecule has 2 unspecified atom stereocenters. The van der Waals surface area contributed by atoms with Gasteiger partial charge >= 0.3 is 0 Å². The molecule has 0 fully saturated rings. The molecule has 2 aliphatic rings. The third kappa shape index (κ3) is 5.13. The molecule has 122 valence electrons. The lowest BCUT2D eigenvalue weighted by Gasteiger charge is -2.32. The summed E-state index contributed by atoms with van der Waals surface area (Å²) in [6.45, 7) is 7.15. The van der Waals surface area contributed by atoms with Crippen LogP contribution in [0.3, 0.4) is 0 Å². The Morgan fingerprint density at radius 3 is 2.00 bits per heavy atom. The quantitative estimate of drug-likeness (QED) is 0.640. The summed E-state index contributed by atoms with van der Waals surface area (Å²) < 4.78 is 0. The van der Waals surface area contributed by atoms with Crippen molar-refractivity contribution >= 4 is 0 Å². The molecule has 0 spiro atoms. The summed E-state index contributed by atoms with van der Waals surface area (Å²) in [6, 6.07) is 0. The Balaban J connectivity index is 2.23. The van der Waals surface area contributed by atoms with Crippen LogP contribution in [0, 0.1) is 11.8 Å². The Bertz CT molecular complexity index is 288. The number of hydrogen-bond acceptors (Lipinski definition) is 1. The predicted octanol–water partition coefficient (Wildman–Crippen LogP) is 5.85. The fourth-order valence-corrected chi connectivity index (χ4v) is 4.59. The summed E-state index contributed by atoms with van der Waals surface area (Å²) in [4.78, 5) is 0. The van der Waals surface area contributed by atoms with Crippen molar-refractivity contribution in [2.24, 2.45) is 11.8 Å². The molecule has 1 nitrogen and oxygen atoms in total. The maximum atomic E-state index is 3.68. The summed E-state index contributed by atoms with van der Waals surface area (Å²) in [5.74, 6) is 1.79. The van der Waals surface area contributed by atoms with E-state index in [0.717, 1.165) is 11.8 Å². The highest BCUT2D eigenvalue weighted by atomic mass is 14.9. The molecule has 0 aromatic carbocycles. The Labute approximate surface area is 133 Å². The van der Waals surface area contributed by atoms with Crippen LogP contribution in [0.15, 0.2) is 11.1 Å². The Kier molecular flexibility index (Phi) is 7.85. The molecule has 0 aromatic rings. The molecule has 0 bridgehead atoms. The first kappa shape index (κ1) is 17.1. The summed E-state index contributed by atoms with van der Waals surface area (Å²) in [5, 5.41) is 3.68. The predicted molar refractivity (Wildman–Crippen MR) is 93.6 cm³/mol. The van der Waals surface area contributed by atoms with E-state index in [1.165, 1.54) is 90.1 Å². The second-order valence-corrected chi connectivity index (χ2v) is 7.29. The van der Waals surface area contributed by atoms with Gasteiger partial charge in [-0.3, -0.25) is 0 Å². The van der Waals surface area contributed by atoms with Crippen LogP contribution in [0.2, 0.25) is 0 Å². The average molecular weight is 292 g/mol. The van der Waals surface area contributed by atoms with Crippen molar-refractivity contribution in [1.82, 2.24) is 5.32 Å². The molecule has 1 aliphatic carbocycles. The smallest absolute Gasteiger partial charge is 0.0170 e. The monoisotopic (exact) mass is 291 g/mol. The molecule has 2 rings (SSSR count). The van der Waals surface area contributed by atoms with Crippen molar-refractivity contribution in [3.8, 4) is 0 Å². The molecule has 1 N–H and O–H groups in total. The lowest BCUT2D eigenvalue weighted by Crippen LogP contribution is -2.31. The third-order valence-corrected chi connectivity index (χ3v) is 5.66. The summed E-state index contributed by atoms with van der Waals surface area (Å²) in [6.07, 6.45) is 17.1. The third-order valence-electron chi connectivity index (χ3n) is 5.66. The van der Waals surface area contributed by atoms with Crippen LogP contribution in [0.5, 0.6) is 0 Å². The number of nitrogens with one attached hydrogen (secondary N) is 1. The zero-order valence-electron chi connectivity index (χ0n) is 14.6. The highest BCUT2D eigenvalue weighted by Crippen LogP contribution is 2.36. The minimum absolute atomic E-state index is 0.884. The lowest BCUT2D eigenvalue weighted by molar-refractivity contribution is 0.423. The van der Waals surface area contributed by atoms with Crippen LogP contribution in [0.1, 0.15) is 90.9 Å². The van der Waals surface area contributed by atoms with Crippen molar-refractivity contribution < 1.29 is 0 Å². The molecule has 0 saturated carbocycles. The SMILES string of the molecule is CCCC1CCCCCCCC(CCC)C2=C1CCNC2. The van der Waals surface area contributed by atoms with E-state index in [9.17, 15) is 0 Å². The van der Waals surface area contributed by atoms with Crippen LogP contribution < -0.4 is 5.32 Å². The first-order valence-electron chi connectivity index (χ1n) is 9.79. The van der Waals surface area contributed by atoms with Gasteiger partial charge in [0.25, 0.3) is 0 Å². The van der Waals surface area contributed by atoms with Gasteiger partial charge in [0, 0.05) is 6.54 Å². The second-order valence-electron chi connectivity index (χ2n) is 7.29. The summed E-state index contributed by atoms with van der Waals surface area (Å²) in [7, 11) is 0. The molecule has 0 aromatic heterocycles. The maximum Gasteiger partial charge on any atom is 0.0170 e. The van der Waals surface area contributed by atoms with E-state index in [-0.39, 0.29) is 0 Å². The fraction of sp³-hybridized carbons (Fsp3) is 0.900. The molecule has 1 aliphatic heterocycles. The largest absolute Gasteiger partial charge is 0.313 e. The van der Waals surface area contributed by atoms with Crippen LogP contribution in [0.25, 0.3) is 0 Å². The van der Waals surface area contributed by atoms with Crippen LogP contribution in [0.4, 0.5) is 0 Å². The fourth-order valence-electron chi connectivity index (χ4n) is 4.59. The van der Waals surface area contributed by atoms with Gasteiger partial charge in [-0.1, -0.05) is 69.9 Å². The number of rotatable bonds is 4. The average Bonchev–Trinajstić information content (AvgIpc) is 2.54. The summed E-state index contributed by atoms with van der Waals surface area (Å²) in [5.41, 5.74) is 3.75. The van der Waals surface area contributed by atoms with Gasteiger partial charge < -0.3 is 5.32 Å². The topological polar surface area (TPSA) is 12.0 Å². The van der Waals surface area contributed by atoms with Gasteiger partial charge in [0.05, 0.1) is 0 Å². The zero-order chi connectivity index (χ0) is 14.9. The standard InChI is InChI=1S/C20H37N/c1-3-10-17-12-8-6-5-7-9-13-18(11-4-2)20-16-21-15-14-19(17)20/h17-18,21H,3-16H2,1-2H3. The van der Waals surface area contributed by atoms with Crippen molar-refractivity contribution in [2.45, 2.75) is 90.9 Å². The van der Waals surface area contributed by atoms with Crippen LogP contribution in [-0.2, 0) is 0 Å². The van der Waals surface area contributed by atoms with E-state index in [1.807, 2.05) is 11.1 Å². The normalized spacial score (nSPS) is 28.9. The highest BCUT2D eigenvalue weighted by Gasteiger charge is 2.25. The first-order chi connectivity index (χ1) is 10.4.